The lowest BCUT2D eigenvalue weighted by Crippen LogP contribution is -2.22. The minimum atomic E-state index is -0.328. The van der Waals surface area contributed by atoms with Crippen LogP contribution in [0.1, 0.15) is 16.7 Å². The highest BCUT2D eigenvalue weighted by Crippen LogP contribution is 2.10. The molecule has 1 heterocycles. The predicted molar refractivity (Wildman–Crippen MR) is 66.6 cm³/mol. The highest BCUT2D eigenvalue weighted by molar-refractivity contribution is 5.25. The van der Waals surface area contributed by atoms with Gasteiger partial charge in [0.1, 0.15) is 5.82 Å². The molecular formula is C13H14FN3O. The SMILES string of the molecule is Cc1cnn(Cc2ccc(F)c(CN)c2)c(=O)c1. The molecule has 2 rings (SSSR count). The van der Waals surface area contributed by atoms with Crippen molar-refractivity contribution in [2.24, 2.45) is 5.73 Å². The van der Waals surface area contributed by atoms with Crippen LogP contribution in [0.2, 0.25) is 0 Å². The zero-order valence-corrected chi connectivity index (χ0v) is 10.1. The number of hydrogen-bond donors (Lipinski definition) is 1. The largest absolute Gasteiger partial charge is 0.326 e. The molecule has 94 valence electrons. The summed E-state index contributed by atoms with van der Waals surface area (Å²) < 4.78 is 14.6. The molecule has 4 nitrogen and oxygen atoms in total. The number of hydrogen-bond acceptors (Lipinski definition) is 3. The maximum Gasteiger partial charge on any atom is 0.267 e. The van der Waals surface area contributed by atoms with Gasteiger partial charge < -0.3 is 5.73 Å². The molecule has 2 N–H and O–H groups in total. The van der Waals surface area contributed by atoms with E-state index in [0.29, 0.717) is 12.1 Å². The van der Waals surface area contributed by atoms with Crippen molar-refractivity contribution in [1.82, 2.24) is 9.78 Å². The lowest BCUT2D eigenvalue weighted by Gasteiger charge is -2.07. The van der Waals surface area contributed by atoms with Crippen LogP contribution in [0.5, 0.6) is 0 Å². The fourth-order valence-electron chi connectivity index (χ4n) is 1.70. The van der Waals surface area contributed by atoms with Gasteiger partial charge >= 0.3 is 0 Å². The molecule has 0 fully saturated rings. The molecule has 0 unspecified atom stereocenters. The number of rotatable bonds is 3. The molecule has 0 spiro atoms. The molecule has 0 amide bonds. The minimum absolute atomic E-state index is 0.135. The van der Waals surface area contributed by atoms with Crippen molar-refractivity contribution in [3.8, 4) is 0 Å². The standard InChI is InChI=1S/C13H14FN3O/c1-9-4-13(18)17(16-7-9)8-10-2-3-12(14)11(5-10)6-15/h2-5,7H,6,8,15H2,1H3. The Morgan fingerprint density at radius 3 is 2.83 bits per heavy atom. The molecule has 0 aliphatic carbocycles. The van der Waals surface area contributed by atoms with Crippen molar-refractivity contribution in [2.75, 3.05) is 0 Å². The van der Waals surface area contributed by atoms with Crippen LogP contribution >= 0.6 is 0 Å². The van der Waals surface area contributed by atoms with E-state index in [1.165, 1.54) is 16.8 Å². The van der Waals surface area contributed by atoms with E-state index in [2.05, 4.69) is 5.10 Å². The summed E-state index contributed by atoms with van der Waals surface area (Å²) in [5.74, 6) is -0.328. The zero-order valence-electron chi connectivity index (χ0n) is 10.1. The molecule has 0 atom stereocenters. The van der Waals surface area contributed by atoms with Crippen LogP contribution in [-0.4, -0.2) is 9.78 Å². The first-order valence-electron chi connectivity index (χ1n) is 5.61. The van der Waals surface area contributed by atoms with Gasteiger partial charge in [0.2, 0.25) is 0 Å². The highest BCUT2D eigenvalue weighted by Gasteiger charge is 2.04. The van der Waals surface area contributed by atoms with Gasteiger partial charge in [0.25, 0.3) is 5.56 Å². The summed E-state index contributed by atoms with van der Waals surface area (Å²) in [5.41, 5.74) is 7.32. The van der Waals surface area contributed by atoms with Crippen molar-refractivity contribution in [1.29, 1.82) is 0 Å². The topological polar surface area (TPSA) is 60.9 Å². The molecule has 0 saturated carbocycles. The van der Waals surface area contributed by atoms with Gasteiger partial charge in [-0.3, -0.25) is 4.79 Å². The monoisotopic (exact) mass is 247 g/mol. The van der Waals surface area contributed by atoms with Crippen LogP contribution in [0.15, 0.2) is 35.3 Å². The fourth-order valence-corrected chi connectivity index (χ4v) is 1.70. The number of aryl methyl sites for hydroxylation is 1. The second kappa shape index (κ2) is 5.10. The number of benzene rings is 1. The maximum atomic E-state index is 13.3. The molecule has 18 heavy (non-hydrogen) atoms. The molecule has 0 bridgehead atoms. The van der Waals surface area contributed by atoms with E-state index in [-0.39, 0.29) is 17.9 Å². The first-order valence-corrected chi connectivity index (χ1v) is 5.61. The lowest BCUT2D eigenvalue weighted by atomic mass is 10.1. The van der Waals surface area contributed by atoms with Crippen molar-refractivity contribution in [2.45, 2.75) is 20.0 Å². The van der Waals surface area contributed by atoms with Crippen molar-refractivity contribution >= 4 is 0 Å². The summed E-state index contributed by atoms with van der Waals surface area (Å²) in [4.78, 5) is 11.7. The second-order valence-corrected chi connectivity index (χ2v) is 4.16. The van der Waals surface area contributed by atoms with Crippen LogP contribution in [0, 0.1) is 12.7 Å². The van der Waals surface area contributed by atoms with E-state index in [0.717, 1.165) is 11.1 Å². The van der Waals surface area contributed by atoms with Crippen molar-refractivity contribution in [3.63, 3.8) is 0 Å². The van der Waals surface area contributed by atoms with E-state index in [1.807, 2.05) is 6.92 Å². The third-order valence-electron chi connectivity index (χ3n) is 2.67. The number of nitrogens with two attached hydrogens (primary N) is 1. The molecule has 1 aromatic carbocycles. The van der Waals surface area contributed by atoms with Crippen molar-refractivity contribution < 1.29 is 4.39 Å². The van der Waals surface area contributed by atoms with Gasteiger partial charge in [-0.1, -0.05) is 6.07 Å². The molecular weight excluding hydrogens is 233 g/mol. The van der Waals surface area contributed by atoms with E-state index in [4.69, 9.17) is 5.73 Å². The molecule has 2 aromatic rings. The first kappa shape index (κ1) is 12.4. The minimum Gasteiger partial charge on any atom is -0.326 e. The van der Waals surface area contributed by atoms with Crippen LogP contribution in [0.3, 0.4) is 0 Å². The van der Waals surface area contributed by atoms with Crippen LogP contribution < -0.4 is 11.3 Å². The molecule has 5 heteroatoms. The number of nitrogens with zero attached hydrogens (tertiary/aromatic N) is 2. The summed E-state index contributed by atoms with van der Waals surface area (Å²) in [6, 6.07) is 6.16. The first-order chi connectivity index (χ1) is 8.60. The smallest absolute Gasteiger partial charge is 0.267 e. The van der Waals surface area contributed by atoms with Crippen LogP contribution in [-0.2, 0) is 13.1 Å². The Labute approximate surface area is 104 Å². The van der Waals surface area contributed by atoms with E-state index in [1.54, 1.807) is 18.3 Å². The van der Waals surface area contributed by atoms with Gasteiger partial charge in [0.15, 0.2) is 0 Å². The Morgan fingerprint density at radius 2 is 2.17 bits per heavy atom. The van der Waals surface area contributed by atoms with Gasteiger partial charge in [-0.25, -0.2) is 9.07 Å². The molecule has 1 aromatic heterocycles. The Balaban J connectivity index is 2.31. The summed E-state index contributed by atoms with van der Waals surface area (Å²) >= 11 is 0. The third-order valence-corrected chi connectivity index (χ3v) is 2.67. The summed E-state index contributed by atoms with van der Waals surface area (Å²) in [6.07, 6.45) is 1.62. The molecule has 0 radical (unpaired) electrons. The second-order valence-electron chi connectivity index (χ2n) is 4.16. The fraction of sp³-hybridized carbons (Fsp3) is 0.231. The van der Waals surface area contributed by atoms with E-state index < -0.39 is 0 Å². The number of aromatic nitrogens is 2. The van der Waals surface area contributed by atoms with Gasteiger partial charge in [0, 0.05) is 18.2 Å². The van der Waals surface area contributed by atoms with Gasteiger partial charge in [-0.05, 0) is 30.2 Å². The van der Waals surface area contributed by atoms with Crippen LogP contribution in [0.4, 0.5) is 4.39 Å². The van der Waals surface area contributed by atoms with Gasteiger partial charge in [-0.15, -0.1) is 0 Å². The van der Waals surface area contributed by atoms with E-state index >= 15 is 0 Å². The molecule has 0 aliphatic heterocycles. The number of halogens is 1. The Kier molecular flexibility index (Phi) is 3.53. The average Bonchev–Trinajstić information content (AvgIpc) is 2.35. The van der Waals surface area contributed by atoms with Gasteiger partial charge in [0.05, 0.1) is 12.7 Å². The van der Waals surface area contributed by atoms with Crippen LogP contribution in [0.25, 0.3) is 0 Å². The quantitative estimate of drug-likeness (QED) is 0.886. The lowest BCUT2D eigenvalue weighted by molar-refractivity contribution is 0.603. The third kappa shape index (κ3) is 2.62. The highest BCUT2D eigenvalue weighted by atomic mass is 19.1. The molecule has 0 saturated heterocycles. The Morgan fingerprint density at radius 1 is 1.39 bits per heavy atom. The molecule has 0 aliphatic rings. The van der Waals surface area contributed by atoms with Crippen molar-refractivity contribution in [3.05, 3.63) is 63.3 Å². The average molecular weight is 247 g/mol. The maximum absolute atomic E-state index is 13.3. The zero-order chi connectivity index (χ0) is 13.1. The Bertz CT molecular complexity index is 622. The normalized spacial score (nSPS) is 10.6. The summed E-state index contributed by atoms with van der Waals surface area (Å²) in [5, 5.41) is 4.03. The predicted octanol–water partition coefficient (Wildman–Crippen LogP) is 1.20. The summed E-state index contributed by atoms with van der Waals surface area (Å²) in [7, 11) is 0. The van der Waals surface area contributed by atoms with Gasteiger partial charge in [-0.2, -0.15) is 5.10 Å². The summed E-state index contributed by atoms with van der Waals surface area (Å²) in [6.45, 7) is 2.26. The Hall–Kier alpha value is -2.01. The van der Waals surface area contributed by atoms with E-state index in [9.17, 15) is 9.18 Å².